The summed E-state index contributed by atoms with van der Waals surface area (Å²) >= 11 is 0. The minimum absolute atomic E-state index is 0.281. The van der Waals surface area contributed by atoms with Crippen molar-refractivity contribution in [3.63, 3.8) is 0 Å². The van der Waals surface area contributed by atoms with Crippen molar-refractivity contribution < 1.29 is 9.53 Å². The van der Waals surface area contributed by atoms with E-state index in [1.807, 2.05) is 11.0 Å². The van der Waals surface area contributed by atoms with Crippen LogP contribution in [0.25, 0.3) is 0 Å². The minimum Gasteiger partial charge on any atom is -0.376 e. The van der Waals surface area contributed by atoms with Crippen LogP contribution in [-0.4, -0.2) is 36.6 Å². The molecular formula is C18H25NO2. The van der Waals surface area contributed by atoms with Crippen molar-refractivity contribution in [3.05, 3.63) is 35.9 Å². The molecule has 1 aliphatic carbocycles. The van der Waals surface area contributed by atoms with E-state index in [4.69, 9.17) is 4.74 Å². The molecule has 0 radical (unpaired) electrons. The maximum atomic E-state index is 12.2. The number of likely N-dealkylation sites (tertiary alicyclic amines) is 1. The Morgan fingerprint density at radius 3 is 2.76 bits per heavy atom. The Balaban J connectivity index is 1.33. The van der Waals surface area contributed by atoms with E-state index in [2.05, 4.69) is 24.3 Å². The molecule has 1 aromatic carbocycles. The molecule has 1 saturated carbocycles. The third-order valence-corrected chi connectivity index (χ3v) is 4.46. The van der Waals surface area contributed by atoms with Crippen molar-refractivity contribution >= 4 is 5.91 Å². The smallest absolute Gasteiger partial charge is 0.222 e. The number of rotatable bonds is 7. The number of carbonyl (C=O) groups is 1. The molecule has 1 saturated heterocycles. The van der Waals surface area contributed by atoms with E-state index in [0.29, 0.717) is 12.3 Å². The van der Waals surface area contributed by atoms with E-state index < -0.39 is 0 Å². The lowest BCUT2D eigenvalue weighted by Crippen LogP contribution is -2.30. The van der Waals surface area contributed by atoms with Gasteiger partial charge in [-0.2, -0.15) is 0 Å². The van der Waals surface area contributed by atoms with Gasteiger partial charge in [-0.25, -0.2) is 0 Å². The number of ether oxygens (including phenoxy) is 1. The first-order valence-corrected chi connectivity index (χ1v) is 8.24. The Bertz CT molecular complexity index is 456. The monoisotopic (exact) mass is 287 g/mol. The second-order valence-electron chi connectivity index (χ2n) is 6.37. The Morgan fingerprint density at radius 2 is 2.00 bits per heavy atom. The molecule has 114 valence electrons. The van der Waals surface area contributed by atoms with E-state index >= 15 is 0 Å². The van der Waals surface area contributed by atoms with E-state index in [1.54, 1.807) is 0 Å². The fourth-order valence-corrected chi connectivity index (χ4v) is 2.89. The van der Waals surface area contributed by atoms with Crippen molar-refractivity contribution in [2.75, 3.05) is 19.7 Å². The van der Waals surface area contributed by atoms with Gasteiger partial charge in [0.1, 0.15) is 0 Å². The molecule has 3 heteroatoms. The molecule has 1 atom stereocenters. The van der Waals surface area contributed by atoms with Crippen LogP contribution in [0.4, 0.5) is 0 Å². The molecule has 2 fully saturated rings. The van der Waals surface area contributed by atoms with Crippen LogP contribution in [0.2, 0.25) is 0 Å². The zero-order valence-electron chi connectivity index (χ0n) is 12.7. The summed E-state index contributed by atoms with van der Waals surface area (Å²) in [6, 6.07) is 10.4. The zero-order valence-corrected chi connectivity index (χ0v) is 12.7. The van der Waals surface area contributed by atoms with Gasteiger partial charge >= 0.3 is 0 Å². The van der Waals surface area contributed by atoms with E-state index in [-0.39, 0.29) is 6.10 Å². The molecule has 0 bridgehead atoms. The molecule has 1 unspecified atom stereocenters. The van der Waals surface area contributed by atoms with Gasteiger partial charge in [-0.1, -0.05) is 30.3 Å². The average Bonchev–Trinajstić information content (AvgIpc) is 3.22. The van der Waals surface area contributed by atoms with Crippen LogP contribution in [0.1, 0.15) is 37.7 Å². The molecule has 1 amide bonds. The predicted molar refractivity (Wildman–Crippen MR) is 83.0 cm³/mol. The fourth-order valence-electron chi connectivity index (χ4n) is 2.89. The van der Waals surface area contributed by atoms with Gasteiger partial charge < -0.3 is 9.64 Å². The molecule has 0 aromatic heterocycles. The predicted octanol–water partition coefficient (Wildman–Crippen LogP) is 3.04. The molecular weight excluding hydrogens is 262 g/mol. The standard InChI is InChI=1S/C18H25NO2/c20-18(8-4-7-15-5-2-1-3-6-15)19-12-11-17(13-19)21-14-16-9-10-16/h1-3,5-6,16-17H,4,7-14H2. The highest BCUT2D eigenvalue weighted by atomic mass is 16.5. The maximum absolute atomic E-state index is 12.2. The van der Waals surface area contributed by atoms with Gasteiger partial charge in [-0.15, -0.1) is 0 Å². The Morgan fingerprint density at radius 1 is 1.19 bits per heavy atom. The number of benzene rings is 1. The number of amides is 1. The maximum Gasteiger partial charge on any atom is 0.222 e. The number of hydrogen-bond donors (Lipinski definition) is 0. The SMILES string of the molecule is O=C(CCCc1ccccc1)N1CCC(OCC2CC2)C1. The molecule has 0 N–H and O–H groups in total. The van der Waals surface area contributed by atoms with Gasteiger partial charge in [0.15, 0.2) is 0 Å². The molecule has 3 nitrogen and oxygen atoms in total. The van der Waals surface area contributed by atoms with Crippen molar-refractivity contribution in [1.82, 2.24) is 4.90 Å². The quantitative estimate of drug-likeness (QED) is 0.771. The molecule has 21 heavy (non-hydrogen) atoms. The van der Waals surface area contributed by atoms with Crippen molar-refractivity contribution in [3.8, 4) is 0 Å². The molecule has 3 rings (SSSR count). The number of hydrogen-bond acceptors (Lipinski definition) is 2. The molecule has 1 heterocycles. The summed E-state index contributed by atoms with van der Waals surface area (Å²) in [5, 5.41) is 0. The van der Waals surface area contributed by atoms with Crippen molar-refractivity contribution in [1.29, 1.82) is 0 Å². The summed E-state index contributed by atoms with van der Waals surface area (Å²) in [5.41, 5.74) is 1.32. The largest absolute Gasteiger partial charge is 0.376 e. The first-order valence-electron chi connectivity index (χ1n) is 8.24. The van der Waals surface area contributed by atoms with Gasteiger partial charge in [-0.3, -0.25) is 4.79 Å². The van der Waals surface area contributed by atoms with Crippen molar-refractivity contribution in [2.24, 2.45) is 5.92 Å². The van der Waals surface area contributed by atoms with E-state index in [9.17, 15) is 4.79 Å². The summed E-state index contributed by atoms with van der Waals surface area (Å²) in [6.07, 6.45) is 6.53. The highest BCUT2D eigenvalue weighted by molar-refractivity contribution is 5.76. The van der Waals surface area contributed by atoms with Crippen molar-refractivity contribution in [2.45, 2.75) is 44.6 Å². The van der Waals surface area contributed by atoms with Crippen LogP contribution in [0.3, 0.4) is 0 Å². The first-order chi connectivity index (χ1) is 10.3. The summed E-state index contributed by atoms with van der Waals surface area (Å²) in [7, 11) is 0. The fraction of sp³-hybridized carbons (Fsp3) is 0.611. The number of carbonyl (C=O) groups excluding carboxylic acids is 1. The first kappa shape index (κ1) is 14.6. The van der Waals surface area contributed by atoms with Gasteiger partial charge in [-0.05, 0) is 43.6 Å². The average molecular weight is 287 g/mol. The molecule has 1 aromatic rings. The number of nitrogens with zero attached hydrogens (tertiary/aromatic N) is 1. The van der Waals surface area contributed by atoms with E-state index in [1.165, 1.54) is 18.4 Å². The van der Waals surface area contributed by atoms with Gasteiger partial charge in [0.05, 0.1) is 6.10 Å². The normalized spacial score (nSPS) is 21.7. The van der Waals surface area contributed by atoms with Crippen LogP contribution < -0.4 is 0 Å². The Kier molecular flexibility index (Phi) is 4.91. The summed E-state index contributed by atoms with van der Waals surface area (Å²) in [5.74, 6) is 1.10. The van der Waals surface area contributed by atoms with Crippen LogP contribution >= 0.6 is 0 Å². The third kappa shape index (κ3) is 4.57. The number of aryl methyl sites for hydroxylation is 1. The van der Waals surface area contributed by atoms with Gasteiger partial charge in [0.25, 0.3) is 0 Å². The Labute approximate surface area is 127 Å². The lowest BCUT2D eigenvalue weighted by atomic mass is 10.1. The van der Waals surface area contributed by atoms with E-state index in [0.717, 1.165) is 44.9 Å². The summed E-state index contributed by atoms with van der Waals surface area (Å²) < 4.78 is 5.89. The Hall–Kier alpha value is -1.35. The van der Waals surface area contributed by atoms with Crippen LogP contribution in [-0.2, 0) is 16.0 Å². The lowest BCUT2D eigenvalue weighted by molar-refractivity contribution is -0.130. The van der Waals surface area contributed by atoms with Gasteiger partial charge in [0, 0.05) is 26.1 Å². The molecule has 2 aliphatic rings. The third-order valence-electron chi connectivity index (χ3n) is 4.46. The van der Waals surface area contributed by atoms with Crippen LogP contribution in [0, 0.1) is 5.92 Å². The summed E-state index contributed by atoms with van der Waals surface area (Å²) in [4.78, 5) is 14.2. The second kappa shape index (κ2) is 7.08. The lowest BCUT2D eigenvalue weighted by Gasteiger charge is -2.16. The zero-order chi connectivity index (χ0) is 14.5. The summed E-state index contributed by atoms with van der Waals surface area (Å²) in [6.45, 7) is 2.58. The minimum atomic E-state index is 0.281. The topological polar surface area (TPSA) is 29.5 Å². The highest BCUT2D eigenvalue weighted by Gasteiger charge is 2.29. The van der Waals surface area contributed by atoms with Gasteiger partial charge in [0.2, 0.25) is 5.91 Å². The van der Waals surface area contributed by atoms with Crippen LogP contribution in [0.5, 0.6) is 0 Å². The van der Waals surface area contributed by atoms with Crippen LogP contribution in [0.15, 0.2) is 30.3 Å². The molecule has 1 aliphatic heterocycles. The highest BCUT2D eigenvalue weighted by Crippen LogP contribution is 2.30. The second-order valence-corrected chi connectivity index (χ2v) is 6.37. The molecule has 0 spiro atoms.